The predicted octanol–water partition coefficient (Wildman–Crippen LogP) is 4.76. The van der Waals surface area contributed by atoms with Crippen LogP contribution in [0, 0.1) is 52.3 Å². The summed E-state index contributed by atoms with van der Waals surface area (Å²) in [6.45, 7) is 10.6. The Morgan fingerprint density at radius 1 is 0.806 bits per heavy atom. The van der Waals surface area contributed by atoms with Crippen molar-refractivity contribution in [2.24, 2.45) is 52.3 Å². The zero-order valence-corrected chi connectivity index (χ0v) is 20.1. The van der Waals surface area contributed by atoms with Crippen LogP contribution in [0.15, 0.2) is 0 Å². The lowest BCUT2D eigenvalue weighted by Gasteiger charge is -2.62. The van der Waals surface area contributed by atoms with Crippen LogP contribution in [0.1, 0.15) is 85.5 Å². The molecular weight excluding hydrogens is 388 g/mol. The highest BCUT2D eigenvalue weighted by Gasteiger charge is 2.69. The molecule has 0 bridgehead atoms. The van der Waals surface area contributed by atoms with Gasteiger partial charge in [-0.3, -0.25) is 0 Å². The predicted molar refractivity (Wildman–Crippen MR) is 119 cm³/mol. The van der Waals surface area contributed by atoms with Crippen LogP contribution in [0.5, 0.6) is 0 Å². The van der Waals surface area contributed by atoms with Crippen LogP contribution in [0.25, 0.3) is 0 Å². The number of hydrogen-bond donors (Lipinski definition) is 2. The van der Waals surface area contributed by atoms with Crippen LogP contribution >= 0.6 is 0 Å². The standard InChI is InChI=1S/C27H44O4/c1-15-5-10-27(30-14-15)16(2)24-23(31-27)13-20-18-12-22(29)21-11-17(28)6-8-25(21,3)19(18)7-9-26(20,24)4/h15-24,28-29H,5-14H2,1-4H3/t15-,16?,17+,18?,19?,20?,21?,22?,23?,24?,25-,26+,27?/m1/s1. The Balaban J connectivity index is 1.28. The van der Waals surface area contributed by atoms with Crippen molar-refractivity contribution in [3.8, 4) is 0 Å². The minimum atomic E-state index is -0.338. The number of aliphatic hydroxyl groups is 2. The van der Waals surface area contributed by atoms with E-state index in [2.05, 4.69) is 27.7 Å². The van der Waals surface area contributed by atoms with Gasteiger partial charge in [0.2, 0.25) is 0 Å². The second-order valence-electron chi connectivity index (χ2n) is 13.2. The van der Waals surface area contributed by atoms with Crippen LogP contribution in [-0.2, 0) is 9.47 Å². The van der Waals surface area contributed by atoms with Crippen molar-refractivity contribution in [1.29, 1.82) is 0 Å². The Morgan fingerprint density at radius 3 is 2.32 bits per heavy atom. The van der Waals surface area contributed by atoms with Gasteiger partial charge in [-0.05, 0) is 97.7 Å². The average molecular weight is 433 g/mol. The summed E-state index contributed by atoms with van der Waals surface area (Å²) in [4.78, 5) is 0. The molecule has 4 heteroatoms. The Morgan fingerprint density at radius 2 is 1.58 bits per heavy atom. The monoisotopic (exact) mass is 432 g/mol. The highest BCUT2D eigenvalue weighted by Crippen LogP contribution is 2.71. The zero-order valence-electron chi connectivity index (χ0n) is 20.1. The van der Waals surface area contributed by atoms with Crippen LogP contribution in [0.3, 0.4) is 0 Å². The maximum atomic E-state index is 11.2. The molecule has 0 amide bonds. The molecule has 2 heterocycles. The molecule has 4 aliphatic carbocycles. The van der Waals surface area contributed by atoms with E-state index < -0.39 is 0 Å². The number of rotatable bonds is 0. The summed E-state index contributed by atoms with van der Waals surface area (Å²) in [7, 11) is 0. The number of hydrogen-bond acceptors (Lipinski definition) is 4. The Kier molecular flexibility index (Phi) is 4.78. The third-order valence-corrected chi connectivity index (χ3v) is 11.9. The molecule has 6 rings (SSSR count). The molecule has 0 radical (unpaired) electrons. The highest BCUT2D eigenvalue weighted by atomic mass is 16.7. The van der Waals surface area contributed by atoms with Crippen molar-refractivity contribution in [1.82, 2.24) is 0 Å². The molecule has 1 spiro atoms. The Hall–Kier alpha value is -0.160. The number of aliphatic hydroxyl groups excluding tert-OH is 2. The van der Waals surface area contributed by atoms with Crippen LogP contribution in [-0.4, -0.2) is 40.9 Å². The van der Waals surface area contributed by atoms with Crippen molar-refractivity contribution >= 4 is 0 Å². The maximum absolute atomic E-state index is 11.2. The summed E-state index contributed by atoms with van der Waals surface area (Å²) < 4.78 is 13.3. The van der Waals surface area contributed by atoms with E-state index in [9.17, 15) is 10.2 Å². The zero-order chi connectivity index (χ0) is 21.8. The molecular formula is C27H44O4. The SMILES string of the molecule is CC1C2C(CC3C4CC(O)C5C[C@@H](O)CC[C@]5(C)C4CC[C@@]32C)OC12CC[C@@H](C)CO2. The van der Waals surface area contributed by atoms with Crippen molar-refractivity contribution in [3.63, 3.8) is 0 Å². The topological polar surface area (TPSA) is 58.9 Å². The third kappa shape index (κ3) is 2.80. The van der Waals surface area contributed by atoms with Gasteiger partial charge in [-0.25, -0.2) is 0 Å². The molecule has 4 saturated carbocycles. The van der Waals surface area contributed by atoms with E-state index in [1.165, 1.54) is 19.3 Å². The van der Waals surface area contributed by atoms with E-state index >= 15 is 0 Å². The third-order valence-electron chi connectivity index (χ3n) is 11.9. The molecule has 2 aliphatic heterocycles. The fourth-order valence-corrected chi connectivity index (χ4v) is 10.3. The Bertz CT molecular complexity index is 716. The summed E-state index contributed by atoms with van der Waals surface area (Å²) in [5.74, 6) is 3.58. The van der Waals surface area contributed by atoms with Crippen molar-refractivity contribution in [2.75, 3.05) is 6.61 Å². The summed E-state index contributed by atoms with van der Waals surface area (Å²) in [5, 5.41) is 21.5. The quantitative estimate of drug-likeness (QED) is 0.579. The van der Waals surface area contributed by atoms with Gasteiger partial charge in [-0.1, -0.05) is 27.7 Å². The number of fused-ring (bicyclic) bond motifs is 7. The Labute approximate surface area is 188 Å². The van der Waals surface area contributed by atoms with Crippen molar-refractivity contribution in [3.05, 3.63) is 0 Å². The summed E-state index contributed by atoms with van der Waals surface area (Å²) in [6.07, 6.45) is 9.58. The van der Waals surface area contributed by atoms with Gasteiger partial charge < -0.3 is 19.7 Å². The summed E-state index contributed by atoms with van der Waals surface area (Å²) in [5.41, 5.74) is 0.495. The molecule has 6 aliphatic rings. The fourth-order valence-electron chi connectivity index (χ4n) is 10.3. The van der Waals surface area contributed by atoms with Gasteiger partial charge in [0, 0.05) is 12.3 Å². The lowest BCUT2D eigenvalue weighted by Crippen LogP contribution is -2.58. The molecule has 9 unspecified atom stereocenters. The van der Waals surface area contributed by atoms with Crippen LogP contribution < -0.4 is 0 Å². The van der Waals surface area contributed by atoms with E-state index in [0.29, 0.717) is 47.0 Å². The van der Waals surface area contributed by atoms with Gasteiger partial charge in [0.15, 0.2) is 5.79 Å². The smallest absolute Gasteiger partial charge is 0.171 e. The molecule has 6 fully saturated rings. The molecule has 2 N–H and O–H groups in total. The van der Waals surface area contributed by atoms with Gasteiger partial charge in [0.1, 0.15) is 0 Å². The molecule has 176 valence electrons. The minimum absolute atomic E-state index is 0.191. The first-order chi connectivity index (χ1) is 14.7. The fraction of sp³-hybridized carbons (Fsp3) is 1.00. The maximum Gasteiger partial charge on any atom is 0.171 e. The van der Waals surface area contributed by atoms with E-state index in [-0.39, 0.29) is 29.3 Å². The molecule has 13 atom stereocenters. The van der Waals surface area contributed by atoms with E-state index in [4.69, 9.17) is 9.47 Å². The van der Waals surface area contributed by atoms with E-state index in [1.807, 2.05) is 0 Å². The van der Waals surface area contributed by atoms with Crippen molar-refractivity contribution < 1.29 is 19.7 Å². The van der Waals surface area contributed by atoms with Crippen LogP contribution in [0.4, 0.5) is 0 Å². The first-order valence-corrected chi connectivity index (χ1v) is 13.4. The van der Waals surface area contributed by atoms with Gasteiger partial charge >= 0.3 is 0 Å². The molecule has 0 aromatic rings. The van der Waals surface area contributed by atoms with E-state index in [1.54, 1.807) is 0 Å². The minimum Gasteiger partial charge on any atom is -0.393 e. The molecule has 4 nitrogen and oxygen atoms in total. The first kappa shape index (κ1) is 21.4. The lowest BCUT2D eigenvalue weighted by atomic mass is 9.43. The molecule has 0 aromatic heterocycles. The average Bonchev–Trinajstić information content (AvgIpc) is 3.17. The van der Waals surface area contributed by atoms with Gasteiger partial charge in [-0.15, -0.1) is 0 Å². The van der Waals surface area contributed by atoms with Crippen LogP contribution in [0.2, 0.25) is 0 Å². The number of ether oxygens (including phenoxy) is 2. The summed E-state index contributed by atoms with van der Waals surface area (Å²) >= 11 is 0. The summed E-state index contributed by atoms with van der Waals surface area (Å²) in [6, 6.07) is 0. The molecule has 2 saturated heterocycles. The normalized spacial score (nSPS) is 63.3. The lowest BCUT2D eigenvalue weighted by molar-refractivity contribution is -0.273. The highest BCUT2D eigenvalue weighted by molar-refractivity contribution is 5.16. The van der Waals surface area contributed by atoms with Crippen molar-refractivity contribution in [2.45, 2.75) is 110 Å². The second-order valence-corrected chi connectivity index (χ2v) is 13.2. The second kappa shape index (κ2) is 6.93. The van der Waals surface area contributed by atoms with Gasteiger partial charge in [-0.2, -0.15) is 0 Å². The molecule has 31 heavy (non-hydrogen) atoms. The first-order valence-electron chi connectivity index (χ1n) is 13.4. The largest absolute Gasteiger partial charge is 0.393 e. The molecule has 0 aromatic carbocycles. The van der Waals surface area contributed by atoms with Gasteiger partial charge in [0.25, 0.3) is 0 Å². The van der Waals surface area contributed by atoms with E-state index in [0.717, 1.165) is 45.1 Å². The van der Waals surface area contributed by atoms with Gasteiger partial charge in [0.05, 0.1) is 24.9 Å².